The first kappa shape index (κ1) is 20.6. The second kappa shape index (κ2) is 8.91. The van der Waals surface area contributed by atoms with Crippen LogP contribution in [0, 0.1) is 0 Å². The zero-order chi connectivity index (χ0) is 21.7. The molecule has 2 aromatic rings. The lowest BCUT2D eigenvalue weighted by Gasteiger charge is -2.26. The molecular formula is C21H18N2O7. The van der Waals surface area contributed by atoms with Gasteiger partial charge in [-0.1, -0.05) is 24.3 Å². The molecule has 0 saturated carbocycles. The van der Waals surface area contributed by atoms with Gasteiger partial charge < -0.3 is 14.2 Å². The number of nitrogens with zero attached hydrogens (tertiary/aromatic N) is 1. The van der Waals surface area contributed by atoms with Crippen molar-refractivity contribution in [1.82, 2.24) is 5.32 Å². The molecule has 1 saturated heterocycles. The number of barbiturate groups is 1. The van der Waals surface area contributed by atoms with E-state index in [4.69, 9.17) is 9.47 Å². The molecule has 3 rings (SSSR count). The van der Waals surface area contributed by atoms with Crippen molar-refractivity contribution in [1.29, 1.82) is 0 Å². The molecule has 1 aliphatic heterocycles. The van der Waals surface area contributed by atoms with Gasteiger partial charge in [-0.2, -0.15) is 0 Å². The SMILES string of the molecule is COC(=O)COc1ccc(/C=C2/C(=O)NC(=O)N(c3ccccc3)C2=O)cc1OC. The van der Waals surface area contributed by atoms with Crippen LogP contribution in [-0.2, 0) is 19.1 Å². The molecule has 154 valence electrons. The van der Waals surface area contributed by atoms with E-state index in [-0.39, 0.29) is 23.7 Å². The van der Waals surface area contributed by atoms with E-state index in [0.717, 1.165) is 4.90 Å². The zero-order valence-electron chi connectivity index (χ0n) is 16.2. The summed E-state index contributed by atoms with van der Waals surface area (Å²) in [4.78, 5) is 49.4. The number of methoxy groups -OCH3 is 2. The molecule has 0 aliphatic carbocycles. The van der Waals surface area contributed by atoms with Crippen LogP contribution < -0.4 is 19.7 Å². The number of hydrogen-bond donors (Lipinski definition) is 1. The lowest BCUT2D eigenvalue weighted by Crippen LogP contribution is -2.54. The average Bonchev–Trinajstić information content (AvgIpc) is 2.75. The van der Waals surface area contributed by atoms with Crippen molar-refractivity contribution < 1.29 is 33.4 Å². The first-order valence-electron chi connectivity index (χ1n) is 8.78. The minimum absolute atomic E-state index is 0.219. The maximum atomic E-state index is 12.9. The van der Waals surface area contributed by atoms with Crippen LogP contribution in [0.2, 0.25) is 0 Å². The van der Waals surface area contributed by atoms with E-state index in [1.165, 1.54) is 32.4 Å². The van der Waals surface area contributed by atoms with Gasteiger partial charge in [0.1, 0.15) is 5.57 Å². The van der Waals surface area contributed by atoms with Crippen LogP contribution >= 0.6 is 0 Å². The van der Waals surface area contributed by atoms with E-state index < -0.39 is 23.8 Å². The third-order valence-electron chi connectivity index (χ3n) is 4.19. The molecule has 0 atom stereocenters. The van der Waals surface area contributed by atoms with Crippen LogP contribution in [0.4, 0.5) is 10.5 Å². The Morgan fingerprint density at radius 2 is 1.77 bits per heavy atom. The number of benzene rings is 2. The highest BCUT2D eigenvalue weighted by Crippen LogP contribution is 2.30. The van der Waals surface area contributed by atoms with Gasteiger partial charge in [0.05, 0.1) is 19.9 Å². The van der Waals surface area contributed by atoms with E-state index in [1.807, 2.05) is 0 Å². The third kappa shape index (κ3) is 4.30. The van der Waals surface area contributed by atoms with Gasteiger partial charge >= 0.3 is 12.0 Å². The Hall–Kier alpha value is -4.14. The fraction of sp³-hybridized carbons (Fsp3) is 0.143. The molecule has 0 unspecified atom stereocenters. The molecule has 0 spiro atoms. The summed E-state index contributed by atoms with van der Waals surface area (Å²) in [5.74, 6) is -1.54. The van der Waals surface area contributed by atoms with Crippen molar-refractivity contribution in [2.24, 2.45) is 0 Å². The average molecular weight is 410 g/mol. The number of hydrogen-bond acceptors (Lipinski definition) is 7. The number of rotatable bonds is 6. The van der Waals surface area contributed by atoms with E-state index in [2.05, 4.69) is 10.1 Å². The summed E-state index contributed by atoms with van der Waals surface area (Å²) < 4.78 is 15.1. The molecule has 0 aromatic heterocycles. The quantitative estimate of drug-likeness (QED) is 0.440. The van der Waals surface area contributed by atoms with Gasteiger partial charge in [0.2, 0.25) is 0 Å². The Balaban J connectivity index is 1.90. The number of para-hydroxylation sites is 1. The second-order valence-corrected chi connectivity index (χ2v) is 6.07. The molecule has 4 amide bonds. The van der Waals surface area contributed by atoms with Crippen LogP contribution in [-0.4, -0.2) is 44.6 Å². The number of esters is 1. The van der Waals surface area contributed by atoms with Crippen molar-refractivity contribution in [3.05, 3.63) is 59.7 Å². The zero-order valence-corrected chi connectivity index (χ0v) is 16.2. The van der Waals surface area contributed by atoms with Gasteiger partial charge in [0.25, 0.3) is 11.8 Å². The maximum Gasteiger partial charge on any atom is 0.343 e. The van der Waals surface area contributed by atoms with Gasteiger partial charge in [0, 0.05) is 0 Å². The molecule has 9 heteroatoms. The van der Waals surface area contributed by atoms with Gasteiger partial charge in [-0.05, 0) is 35.9 Å². The number of carbonyl (C=O) groups excluding carboxylic acids is 4. The topological polar surface area (TPSA) is 111 Å². The van der Waals surface area contributed by atoms with Gasteiger partial charge in [-0.3, -0.25) is 14.9 Å². The highest BCUT2D eigenvalue weighted by molar-refractivity contribution is 6.39. The molecular weight excluding hydrogens is 392 g/mol. The standard InChI is InChI=1S/C21H18N2O7/c1-28-17-11-13(8-9-16(17)30-12-18(24)29-2)10-15-19(25)22-21(27)23(20(15)26)14-6-4-3-5-7-14/h3-11H,12H2,1-2H3,(H,22,25,27)/b15-10-. The predicted molar refractivity (Wildman–Crippen MR) is 106 cm³/mol. The second-order valence-electron chi connectivity index (χ2n) is 6.07. The third-order valence-corrected chi connectivity index (χ3v) is 4.19. The van der Waals surface area contributed by atoms with Crippen molar-refractivity contribution in [3.8, 4) is 11.5 Å². The molecule has 0 bridgehead atoms. The summed E-state index contributed by atoms with van der Waals surface area (Å²) in [7, 11) is 2.65. The summed E-state index contributed by atoms with van der Waals surface area (Å²) in [6.07, 6.45) is 1.34. The van der Waals surface area contributed by atoms with Crippen molar-refractivity contribution in [2.45, 2.75) is 0 Å². The monoisotopic (exact) mass is 410 g/mol. The van der Waals surface area contributed by atoms with E-state index >= 15 is 0 Å². The predicted octanol–water partition coefficient (Wildman–Crippen LogP) is 1.91. The number of carbonyl (C=O) groups is 4. The highest BCUT2D eigenvalue weighted by Gasteiger charge is 2.36. The van der Waals surface area contributed by atoms with Gasteiger partial charge in [-0.25, -0.2) is 14.5 Å². The fourth-order valence-corrected chi connectivity index (χ4v) is 2.72. The summed E-state index contributed by atoms with van der Waals surface area (Å²) in [5.41, 5.74) is 0.574. The largest absolute Gasteiger partial charge is 0.493 e. The van der Waals surface area contributed by atoms with E-state index in [9.17, 15) is 19.2 Å². The first-order chi connectivity index (χ1) is 14.4. The number of amides is 4. The molecule has 9 nitrogen and oxygen atoms in total. The maximum absolute atomic E-state index is 12.9. The fourth-order valence-electron chi connectivity index (χ4n) is 2.72. The molecule has 1 N–H and O–H groups in total. The lowest BCUT2D eigenvalue weighted by atomic mass is 10.1. The van der Waals surface area contributed by atoms with Crippen LogP contribution in [0.1, 0.15) is 5.56 Å². The summed E-state index contributed by atoms with van der Waals surface area (Å²) in [5, 5.41) is 2.16. The van der Waals surface area contributed by atoms with Gasteiger partial charge in [-0.15, -0.1) is 0 Å². The van der Waals surface area contributed by atoms with Crippen LogP contribution in [0.5, 0.6) is 11.5 Å². The minimum Gasteiger partial charge on any atom is -0.493 e. The van der Waals surface area contributed by atoms with Crippen LogP contribution in [0.3, 0.4) is 0 Å². The minimum atomic E-state index is -0.822. The molecule has 0 radical (unpaired) electrons. The Kier molecular flexibility index (Phi) is 6.11. The van der Waals surface area contributed by atoms with Gasteiger partial charge in [0.15, 0.2) is 18.1 Å². The van der Waals surface area contributed by atoms with Crippen LogP contribution in [0.15, 0.2) is 54.1 Å². The summed E-state index contributed by atoms with van der Waals surface area (Å²) >= 11 is 0. The Labute approximate surface area is 171 Å². The number of ether oxygens (including phenoxy) is 3. The molecule has 1 fully saturated rings. The number of urea groups is 1. The van der Waals surface area contributed by atoms with Crippen LogP contribution in [0.25, 0.3) is 6.08 Å². The molecule has 2 aromatic carbocycles. The lowest BCUT2D eigenvalue weighted by molar-refractivity contribution is -0.143. The highest BCUT2D eigenvalue weighted by atomic mass is 16.6. The number of imide groups is 2. The molecule has 1 heterocycles. The summed E-state index contributed by atoms with van der Waals surface area (Å²) in [6.45, 7) is -0.303. The smallest absolute Gasteiger partial charge is 0.343 e. The number of nitrogens with one attached hydrogen (secondary N) is 1. The molecule has 30 heavy (non-hydrogen) atoms. The van der Waals surface area contributed by atoms with E-state index in [0.29, 0.717) is 11.3 Å². The Morgan fingerprint density at radius 1 is 1.03 bits per heavy atom. The van der Waals surface area contributed by atoms with E-state index in [1.54, 1.807) is 36.4 Å². The summed E-state index contributed by atoms with van der Waals surface area (Å²) in [6, 6.07) is 12.1. The van der Waals surface area contributed by atoms with Crippen molar-refractivity contribution >= 4 is 35.6 Å². The van der Waals surface area contributed by atoms with Crippen molar-refractivity contribution in [3.63, 3.8) is 0 Å². The first-order valence-corrected chi connectivity index (χ1v) is 8.78. The normalized spacial score (nSPS) is 15.1. The number of anilines is 1. The Morgan fingerprint density at radius 3 is 2.43 bits per heavy atom. The van der Waals surface area contributed by atoms with Crippen molar-refractivity contribution in [2.75, 3.05) is 25.7 Å². The Bertz CT molecular complexity index is 1030. The molecule has 1 aliphatic rings.